The fourth-order valence-electron chi connectivity index (χ4n) is 3.23. The quantitative estimate of drug-likeness (QED) is 0.629. The number of rotatable bonds is 4. The van der Waals surface area contributed by atoms with Crippen molar-refractivity contribution in [2.75, 3.05) is 0 Å². The Kier molecular flexibility index (Phi) is 4.50. The number of para-hydroxylation sites is 1. The van der Waals surface area contributed by atoms with Crippen molar-refractivity contribution in [2.45, 2.75) is 11.6 Å². The summed E-state index contributed by atoms with van der Waals surface area (Å²) in [5.74, 6) is 0.683. The first kappa shape index (κ1) is 16.5. The van der Waals surface area contributed by atoms with Crippen molar-refractivity contribution >= 4 is 23.7 Å². The highest BCUT2D eigenvalue weighted by Gasteiger charge is 2.49. The van der Waals surface area contributed by atoms with Crippen LogP contribution in [0.3, 0.4) is 0 Å². The number of hydrogen-bond acceptors (Lipinski definition) is 4. The first-order chi connectivity index (χ1) is 12.8. The predicted molar refractivity (Wildman–Crippen MR) is 107 cm³/mol. The van der Waals surface area contributed by atoms with Gasteiger partial charge in [0.15, 0.2) is 11.9 Å². The minimum absolute atomic E-state index is 0.349. The molecule has 0 saturated carbocycles. The molecule has 0 aromatic heterocycles. The molecule has 4 rings (SSSR count). The molecule has 0 spiro atoms. The monoisotopic (exact) mass is 359 g/mol. The lowest BCUT2D eigenvalue weighted by Crippen LogP contribution is -2.43. The van der Waals surface area contributed by atoms with Gasteiger partial charge in [-0.1, -0.05) is 78.9 Å². The number of hydrogen-bond donors (Lipinski definition) is 0. The molecule has 0 saturated heterocycles. The largest absolute Gasteiger partial charge is 0.468 e. The van der Waals surface area contributed by atoms with Crippen molar-refractivity contribution in [1.82, 2.24) is 0 Å². The average molecular weight is 359 g/mol. The molecule has 0 fully saturated rings. The summed E-state index contributed by atoms with van der Waals surface area (Å²) in [5.41, 5.74) is 1.24. The van der Waals surface area contributed by atoms with E-state index in [2.05, 4.69) is 0 Å². The van der Waals surface area contributed by atoms with Gasteiger partial charge in [-0.25, -0.2) is 4.99 Å². The van der Waals surface area contributed by atoms with E-state index in [9.17, 15) is 0 Å². The van der Waals surface area contributed by atoms with Gasteiger partial charge in [-0.15, -0.1) is 0 Å². The molecule has 1 heterocycles. The van der Waals surface area contributed by atoms with Gasteiger partial charge in [-0.2, -0.15) is 0 Å². The maximum absolute atomic E-state index is 5.92. The van der Waals surface area contributed by atoms with Crippen molar-refractivity contribution in [1.29, 1.82) is 0 Å². The predicted octanol–water partition coefficient (Wildman–Crippen LogP) is 4.76. The van der Waals surface area contributed by atoms with Gasteiger partial charge >= 0.3 is 0 Å². The maximum Gasteiger partial charge on any atom is 0.211 e. The zero-order valence-electron chi connectivity index (χ0n) is 14.0. The molecule has 0 radical (unpaired) electrons. The summed E-state index contributed by atoms with van der Waals surface area (Å²) < 4.78 is 11.8. The normalized spacial score (nSPS) is 17.5. The number of thiocarbonyl (C=S) groups is 1. The molecular weight excluding hydrogens is 342 g/mol. The lowest BCUT2D eigenvalue weighted by molar-refractivity contribution is 0.213. The highest BCUT2D eigenvalue weighted by atomic mass is 32.1. The molecule has 3 aromatic carbocycles. The zero-order valence-corrected chi connectivity index (χ0v) is 14.8. The van der Waals surface area contributed by atoms with E-state index in [1.807, 2.05) is 91.0 Å². The highest BCUT2D eigenvalue weighted by Crippen LogP contribution is 2.42. The van der Waals surface area contributed by atoms with Gasteiger partial charge in [0.25, 0.3) is 0 Å². The Morgan fingerprint density at radius 1 is 0.808 bits per heavy atom. The van der Waals surface area contributed by atoms with Crippen LogP contribution in [-0.2, 0) is 10.3 Å². The van der Waals surface area contributed by atoms with Crippen LogP contribution in [0.4, 0.5) is 0 Å². The molecule has 3 aromatic rings. The zero-order chi connectivity index (χ0) is 17.8. The average Bonchev–Trinajstić information content (AvgIpc) is 3.16. The maximum atomic E-state index is 5.92. The summed E-state index contributed by atoms with van der Waals surface area (Å²) in [7, 11) is 0. The Morgan fingerprint density at radius 2 is 1.31 bits per heavy atom. The molecule has 0 N–H and O–H groups in total. The van der Waals surface area contributed by atoms with Crippen LogP contribution in [0.1, 0.15) is 11.1 Å². The highest BCUT2D eigenvalue weighted by molar-refractivity contribution is 7.80. The van der Waals surface area contributed by atoms with E-state index in [1.54, 1.807) is 0 Å². The SMILES string of the molecule is S=C(Oc1ccccc1)C1OC=NC1(c1ccccc1)c1ccccc1. The van der Waals surface area contributed by atoms with Gasteiger partial charge in [0.05, 0.1) is 0 Å². The van der Waals surface area contributed by atoms with Crippen LogP contribution in [0, 0.1) is 0 Å². The summed E-state index contributed by atoms with van der Waals surface area (Å²) in [6.45, 7) is 0. The van der Waals surface area contributed by atoms with Gasteiger partial charge in [0.1, 0.15) is 5.75 Å². The third-order valence-electron chi connectivity index (χ3n) is 4.44. The topological polar surface area (TPSA) is 30.8 Å². The standard InChI is InChI=1S/C22H17NO2S/c26-21(25-19-14-8-3-9-15-19)20-22(23-16-24-20,17-10-4-1-5-11-17)18-12-6-2-7-13-18/h1-16,20H. The fourth-order valence-corrected chi connectivity index (χ4v) is 3.55. The lowest BCUT2D eigenvalue weighted by atomic mass is 9.79. The second-order valence-electron chi connectivity index (χ2n) is 5.98. The summed E-state index contributed by atoms with van der Waals surface area (Å²) in [6.07, 6.45) is 0.938. The number of aliphatic imine (C=N–C) groups is 1. The van der Waals surface area contributed by atoms with Crippen LogP contribution < -0.4 is 4.74 Å². The van der Waals surface area contributed by atoms with E-state index in [1.165, 1.54) is 6.40 Å². The van der Waals surface area contributed by atoms with E-state index < -0.39 is 11.6 Å². The van der Waals surface area contributed by atoms with Crippen LogP contribution in [0.2, 0.25) is 0 Å². The number of nitrogens with zero attached hydrogens (tertiary/aromatic N) is 1. The molecule has 26 heavy (non-hydrogen) atoms. The van der Waals surface area contributed by atoms with Crippen LogP contribution in [0.5, 0.6) is 5.75 Å². The minimum atomic E-state index is -0.769. The van der Waals surface area contributed by atoms with E-state index >= 15 is 0 Å². The smallest absolute Gasteiger partial charge is 0.211 e. The molecular formula is C22H17NO2S. The Hall–Kier alpha value is -2.98. The minimum Gasteiger partial charge on any atom is -0.468 e. The summed E-state index contributed by atoms with van der Waals surface area (Å²) in [6, 6.07) is 29.6. The molecule has 1 aliphatic heterocycles. The molecule has 1 atom stereocenters. The second kappa shape index (κ2) is 7.10. The van der Waals surface area contributed by atoms with Gasteiger partial charge in [0, 0.05) is 0 Å². The Balaban J connectivity index is 1.77. The molecule has 3 nitrogen and oxygen atoms in total. The van der Waals surface area contributed by atoms with Crippen LogP contribution in [0.25, 0.3) is 0 Å². The van der Waals surface area contributed by atoms with Crippen molar-refractivity contribution in [3.63, 3.8) is 0 Å². The van der Waals surface area contributed by atoms with Crippen LogP contribution >= 0.6 is 12.2 Å². The van der Waals surface area contributed by atoms with Gasteiger partial charge in [-0.3, -0.25) is 0 Å². The first-order valence-corrected chi connectivity index (χ1v) is 8.78. The number of ether oxygens (including phenoxy) is 2. The fraction of sp³-hybridized carbons (Fsp3) is 0.0909. The Morgan fingerprint density at radius 3 is 1.85 bits per heavy atom. The van der Waals surface area contributed by atoms with Gasteiger partial charge < -0.3 is 9.47 Å². The molecule has 128 valence electrons. The van der Waals surface area contributed by atoms with E-state index in [0.717, 1.165) is 11.1 Å². The number of benzene rings is 3. The van der Waals surface area contributed by atoms with E-state index in [-0.39, 0.29) is 0 Å². The van der Waals surface area contributed by atoms with Gasteiger partial charge in [0.2, 0.25) is 11.2 Å². The molecule has 0 aliphatic carbocycles. The van der Waals surface area contributed by atoms with Crippen molar-refractivity contribution < 1.29 is 9.47 Å². The third kappa shape index (κ3) is 2.89. The third-order valence-corrected chi connectivity index (χ3v) is 4.73. The van der Waals surface area contributed by atoms with Crippen LogP contribution in [-0.4, -0.2) is 17.6 Å². The molecule has 1 unspecified atom stereocenters. The van der Waals surface area contributed by atoms with Crippen LogP contribution in [0.15, 0.2) is 96.0 Å². The summed E-state index contributed by atoms with van der Waals surface area (Å²) in [5, 5.41) is 0.349. The Labute approximate surface area is 157 Å². The van der Waals surface area contributed by atoms with Crippen molar-refractivity contribution in [2.24, 2.45) is 4.99 Å². The van der Waals surface area contributed by atoms with Crippen molar-refractivity contribution in [3.05, 3.63) is 102 Å². The van der Waals surface area contributed by atoms with Gasteiger partial charge in [-0.05, 0) is 35.5 Å². The summed E-state index contributed by atoms with van der Waals surface area (Å²) in [4.78, 5) is 4.74. The first-order valence-electron chi connectivity index (χ1n) is 8.37. The van der Waals surface area contributed by atoms with Crippen molar-refractivity contribution in [3.8, 4) is 5.75 Å². The molecule has 0 amide bonds. The lowest BCUT2D eigenvalue weighted by Gasteiger charge is -2.32. The summed E-state index contributed by atoms with van der Waals surface area (Å²) >= 11 is 5.62. The Bertz CT molecular complexity index is 871. The molecule has 1 aliphatic rings. The molecule has 4 heteroatoms. The van der Waals surface area contributed by atoms with E-state index in [0.29, 0.717) is 10.8 Å². The second-order valence-corrected chi connectivity index (χ2v) is 6.39. The van der Waals surface area contributed by atoms with E-state index in [4.69, 9.17) is 26.7 Å². The molecule has 0 bridgehead atoms.